The van der Waals surface area contributed by atoms with Crippen molar-refractivity contribution in [2.24, 2.45) is 0 Å². The molecule has 0 radical (unpaired) electrons. The van der Waals surface area contributed by atoms with Gasteiger partial charge in [0.25, 0.3) is 10.0 Å². The van der Waals surface area contributed by atoms with Gasteiger partial charge in [-0.15, -0.1) is 13.2 Å². The normalized spacial score (nSPS) is 12.0. The summed E-state index contributed by atoms with van der Waals surface area (Å²) < 4.78 is 71.7. The van der Waals surface area contributed by atoms with E-state index in [0.29, 0.717) is 5.56 Å². The van der Waals surface area contributed by atoms with E-state index in [1.807, 2.05) is 0 Å². The molecular weight excluding hydrogens is 387 g/mol. The van der Waals surface area contributed by atoms with Crippen molar-refractivity contribution in [1.29, 1.82) is 0 Å². The first-order valence-electron chi connectivity index (χ1n) is 7.34. The molecule has 0 saturated heterocycles. The molecule has 144 valence electrons. The highest BCUT2D eigenvalue weighted by molar-refractivity contribution is 7.92. The molecule has 0 aromatic heterocycles. The predicted molar refractivity (Wildman–Crippen MR) is 91.4 cm³/mol. The Morgan fingerprint density at radius 1 is 1.11 bits per heavy atom. The molecular formula is C17H14F3NO5S. The topological polar surface area (TPSA) is 81.7 Å². The van der Waals surface area contributed by atoms with Gasteiger partial charge in [0.05, 0.1) is 12.0 Å². The summed E-state index contributed by atoms with van der Waals surface area (Å²) in [7, 11) is -2.78. The molecule has 2 rings (SSSR count). The molecule has 10 heteroatoms. The van der Waals surface area contributed by atoms with E-state index in [9.17, 15) is 26.4 Å². The minimum atomic E-state index is -4.83. The van der Waals surface area contributed by atoms with Crippen LogP contribution in [0.3, 0.4) is 0 Å². The van der Waals surface area contributed by atoms with E-state index in [-0.39, 0.29) is 10.6 Å². The minimum Gasteiger partial charge on any atom is -0.466 e. The van der Waals surface area contributed by atoms with Crippen molar-refractivity contribution >= 4 is 27.8 Å². The molecule has 6 nitrogen and oxygen atoms in total. The van der Waals surface area contributed by atoms with Gasteiger partial charge in [0.1, 0.15) is 5.75 Å². The van der Waals surface area contributed by atoms with E-state index in [1.54, 1.807) is 6.07 Å². The second kappa shape index (κ2) is 8.12. The van der Waals surface area contributed by atoms with Crippen LogP contribution in [0, 0.1) is 0 Å². The molecule has 0 fully saturated rings. The van der Waals surface area contributed by atoms with Gasteiger partial charge in [0.2, 0.25) is 0 Å². The summed E-state index contributed by atoms with van der Waals surface area (Å²) in [6.07, 6.45) is -2.31. The average Bonchev–Trinajstić information content (AvgIpc) is 2.60. The third-order valence-corrected chi connectivity index (χ3v) is 4.50. The zero-order valence-electron chi connectivity index (χ0n) is 13.9. The van der Waals surface area contributed by atoms with Crippen LogP contribution in [0.15, 0.2) is 59.5 Å². The minimum absolute atomic E-state index is 0.0556. The molecule has 0 bridgehead atoms. The Kier molecular flexibility index (Phi) is 6.11. The highest BCUT2D eigenvalue weighted by Crippen LogP contribution is 2.25. The molecule has 27 heavy (non-hydrogen) atoms. The number of carbonyl (C=O) groups excluding carboxylic acids is 1. The average molecular weight is 401 g/mol. The van der Waals surface area contributed by atoms with E-state index in [0.717, 1.165) is 30.3 Å². The van der Waals surface area contributed by atoms with Crippen LogP contribution in [0.1, 0.15) is 5.56 Å². The van der Waals surface area contributed by atoms with E-state index < -0.39 is 28.1 Å². The monoisotopic (exact) mass is 401 g/mol. The third-order valence-electron chi connectivity index (χ3n) is 3.12. The van der Waals surface area contributed by atoms with Gasteiger partial charge in [0, 0.05) is 11.8 Å². The molecule has 0 aliphatic carbocycles. The van der Waals surface area contributed by atoms with Crippen molar-refractivity contribution in [1.82, 2.24) is 0 Å². The zero-order valence-corrected chi connectivity index (χ0v) is 14.7. The van der Waals surface area contributed by atoms with Gasteiger partial charge in [0.15, 0.2) is 0 Å². The Morgan fingerprint density at radius 3 is 2.37 bits per heavy atom. The molecule has 0 aliphatic rings. The van der Waals surface area contributed by atoms with Gasteiger partial charge in [-0.2, -0.15) is 0 Å². The number of carbonyl (C=O) groups is 1. The van der Waals surface area contributed by atoms with Gasteiger partial charge in [-0.3, -0.25) is 4.72 Å². The second-order valence-corrected chi connectivity index (χ2v) is 6.79. The van der Waals surface area contributed by atoms with Crippen LogP contribution >= 0.6 is 0 Å². The maximum atomic E-state index is 12.4. The molecule has 0 atom stereocenters. The Morgan fingerprint density at radius 2 is 1.78 bits per heavy atom. The van der Waals surface area contributed by atoms with Gasteiger partial charge < -0.3 is 9.47 Å². The van der Waals surface area contributed by atoms with Crippen molar-refractivity contribution in [2.75, 3.05) is 11.8 Å². The molecule has 2 aromatic rings. The largest absolute Gasteiger partial charge is 0.573 e. The molecule has 2 aromatic carbocycles. The van der Waals surface area contributed by atoms with E-state index in [1.165, 1.54) is 31.4 Å². The molecule has 0 heterocycles. The highest BCUT2D eigenvalue weighted by Gasteiger charge is 2.31. The fourth-order valence-electron chi connectivity index (χ4n) is 1.96. The number of alkyl halides is 3. The Labute approximate surface area is 153 Å². The predicted octanol–water partition coefficient (Wildman–Crippen LogP) is 3.57. The summed E-state index contributed by atoms with van der Waals surface area (Å²) >= 11 is 0. The fraction of sp³-hybridized carbons (Fsp3) is 0.118. The zero-order chi connectivity index (χ0) is 20.1. The summed E-state index contributed by atoms with van der Waals surface area (Å²) in [6, 6.07) is 9.97. The first-order valence-corrected chi connectivity index (χ1v) is 8.82. The number of hydrogen-bond donors (Lipinski definition) is 1. The maximum absolute atomic E-state index is 12.4. The third kappa shape index (κ3) is 6.33. The SMILES string of the molecule is COC(=O)C=Cc1cccc(S(=O)(=O)Nc2ccc(OC(F)(F)F)cc2)c1. The van der Waals surface area contributed by atoms with Crippen LogP contribution in [0.2, 0.25) is 0 Å². The number of ether oxygens (including phenoxy) is 2. The first kappa shape index (κ1) is 20.3. The van der Waals surface area contributed by atoms with Gasteiger partial charge in [-0.25, -0.2) is 13.2 Å². The van der Waals surface area contributed by atoms with Crippen LogP contribution in [-0.2, 0) is 19.6 Å². The lowest BCUT2D eigenvalue weighted by atomic mass is 10.2. The van der Waals surface area contributed by atoms with Gasteiger partial charge in [-0.1, -0.05) is 12.1 Å². The number of halogens is 3. The standard InChI is InChI=1S/C17H14F3NO5S/c1-25-16(22)10-5-12-3-2-4-15(11-12)27(23,24)21-13-6-8-14(9-7-13)26-17(18,19)20/h2-11,21H,1H3. The molecule has 0 amide bonds. The van der Waals surface area contributed by atoms with Crippen LogP contribution in [0.25, 0.3) is 6.08 Å². The Bertz CT molecular complexity index is 938. The second-order valence-electron chi connectivity index (χ2n) is 5.11. The first-order chi connectivity index (χ1) is 12.6. The van der Waals surface area contributed by atoms with E-state index in [2.05, 4.69) is 14.2 Å². The maximum Gasteiger partial charge on any atom is 0.573 e. The van der Waals surface area contributed by atoms with Crippen molar-refractivity contribution in [3.8, 4) is 5.75 Å². The quantitative estimate of drug-likeness (QED) is 0.591. The number of sulfonamides is 1. The summed E-state index contributed by atoms with van der Waals surface area (Å²) in [4.78, 5) is 11.0. The number of rotatable bonds is 6. The number of anilines is 1. The van der Waals surface area contributed by atoms with Crippen molar-refractivity contribution in [3.63, 3.8) is 0 Å². The number of nitrogens with one attached hydrogen (secondary N) is 1. The number of methoxy groups -OCH3 is 1. The van der Waals surface area contributed by atoms with E-state index >= 15 is 0 Å². The van der Waals surface area contributed by atoms with Crippen LogP contribution in [0.5, 0.6) is 5.75 Å². The smallest absolute Gasteiger partial charge is 0.466 e. The van der Waals surface area contributed by atoms with Crippen LogP contribution < -0.4 is 9.46 Å². The van der Waals surface area contributed by atoms with Gasteiger partial charge in [-0.05, 0) is 48.0 Å². The molecule has 1 N–H and O–H groups in total. The van der Waals surface area contributed by atoms with Crippen molar-refractivity contribution in [3.05, 3.63) is 60.2 Å². The summed E-state index contributed by atoms with van der Waals surface area (Å²) in [5, 5.41) is 0. The Balaban J connectivity index is 2.17. The Hall–Kier alpha value is -3.01. The molecule has 0 saturated carbocycles. The number of esters is 1. The van der Waals surface area contributed by atoms with Gasteiger partial charge >= 0.3 is 12.3 Å². The lowest BCUT2D eigenvalue weighted by Gasteiger charge is -2.11. The van der Waals surface area contributed by atoms with Crippen LogP contribution in [0.4, 0.5) is 18.9 Å². The molecule has 0 aliphatic heterocycles. The summed E-state index contributed by atoms with van der Waals surface area (Å²) in [5.41, 5.74) is 0.497. The summed E-state index contributed by atoms with van der Waals surface area (Å²) in [6.45, 7) is 0. The van der Waals surface area contributed by atoms with Crippen molar-refractivity contribution in [2.45, 2.75) is 11.3 Å². The molecule has 0 spiro atoms. The fourth-order valence-corrected chi connectivity index (χ4v) is 3.07. The lowest BCUT2D eigenvalue weighted by Crippen LogP contribution is -2.17. The lowest BCUT2D eigenvalue weighted by molar-refractivity contribution is -0.274. The van der Waals surface area contributed by atoms with Crippen molar-refractivity contribution < 1.29 is 35.9 Å². The highest BCUT2D eigenvalue weighted by atomic mass is 32.2. The summed E-state index contributed by atoms with van der Waals surface area (Å²) in [5.74, 6) is -1.07. The molecule has 0 unspecified atom stereocenters. The number of hydrogen-bond acceptors (Lipinski definition) is 5. The number of benzene rings is 2. The van der Waals surface area contributed by atoms with Crippen LogP contribution in [-0.4, -0.2) is 27.9 Å². The van der Waals surface area contributed by atoms with E-state index in [4.69, 9.17) is 0 Å².